The molecule has 0 atom stereocenters. The molecule has 0 fully saturated rings. The molecule has 0 bridgehead atoms. The van der Waals surface area contributed by atoms with E-state index in [9.17, 15) is 4.79 Å². The summed E-state index contributed by atoms with van der Waals surface area (Å²) < 4.78 is 5.37. The van der Waals surface area contributed by atoms with E-state index >= 15 is 0 Å². The summed E-state index contributed by atoms with van der Waals surface area (Å²) in [7, 11) is 1.68. The summed E-state index contributed by atoms with van der Waals surface area (Å²) in [4.78, 5) is 16.7. The number of hydrogen-bond donors (Lipinski definition) is 2. The van der Waals surface area contributed by atoms with Crippen molar-refractivity contribution in [1.82, 2.24) is 4.98 Å². The van der Waals surface area contributed by atoms with Gasteiger partial charge in [-0.2, -0.15) is 0 Å². The molecule has 0 saturated carbocycles. The quantitative estimate of drug-likeness (QED) is 0.633. The number of ether oxygens (including phenoxy) is 1. The zero-order chi connectivity index (χ0) is 19.9. The summed E-state index contributed by atoms with van der Waals surface area (Å²) >= 11 is 0. The normalized spacial score (nSPS) is 10.4. The van der Waals surface area contributed by atoms with Gasteiger partial charge in [0.2, 0.25) is 0 Å². The lowest BCUT2D eigenvalue weighted by Crippen LogP contribution is -2.14. The maximum Gasteiger partial charge on any atom is 0.274 e. The van der Waals surface area contributed by atoms with Crippen molar-refractivity contribution in [2.75, 3.05) is 24.3 Å². The third-order valence-electron chi connectivity index (χ3n) is 4.54. The Hall–Kier alpha value is -3.34. The second-order valence-electron chi connectivity index (χ2n) is 6.69. The number of aryl methyl sites for hydroxylation is 2. The molecule has 1 amide bonds. The van der Waals surface area contributed by atoms with Crippen LogP contribution in [0.25, 0.3) is 0 Å². The molecule has 0 aliphatic carbocycles. The van der Waals surface area contributed by atoms with Gasteiger partial charge in [-0.3, -0.25) is 4.79 Å². The number of aromatic nitrogens is 1. The molecule has 2 N–H and O–H groups in total. The maximum absolute atomic E-state index is 12.4. The van der Waals surface area contributed by atoms with E-state index in [-0.39, 0.29) is 5.91 Å². The molecule has 5 nitrogen and oxygen atoms in total. The van der Waals surface area contributed by atoms with Crippen LogP contribution in [-0.2, 0) is 6.42 Å². The van der Waals surface area contributed by atoms with E-state index in [1.54, 1.807) is 19.4 Å². The van der Waals surface area contributed by atoms with Gasteiger partial charge in [0.05, 0.1) is 19.0 Å². The first-order valence-electron chi connectivity index (χ1n) is 9.27. The van der Waals surface area contributed by atoms with Crippen molar-refractivity contribution < 1.29 is 9.53 Å². The second kappa shape index (κ2) is 9.04. The van der Waals surface area contributed by atoms with Crippen LogP contribution in [0.5, 0.6) is 5.75 Å². The lowest BCUT2D eigenvalue weighted by molar-refractivity contribution is 0.102. The van der Waals surface area contributed by atoms with Crippen molar-refractivity contribution in [1.29, 1.82) is 0 Å². The number of carbonyl (C=O) groups excluding carboxylic acids is 1. The molecule has 3 aromatic rings. The smallest absolute Gasteiger partial charge is 0.274 e. The third kappa shape index (κ3) is 4.88. The van der Waals surface area contributed by atoms with Crippen molar-refractivity contribution in [2.45, 2.75) is 20.3 Å². The van der Waals surface area contributed by atoms with Crippen LogP contribution >= 0.6 is 0 Å². The van der Waals surface area contributed by atoms with Gasteiger partial charge < -0.3 is 15.4 Å². The van der Waals surface area contributed by atoms with Crippen molar-refractivity contribution in [2.24, 2.45) is 0 Å². The SMILES string of the molecule is COc1ccccc1CCNc1ccc(C(=O)Nc2ccc(C)cc2C)nc1. The van der Waals surface area contributed by atoms with Crippen LogP contribution in [0.15, 0.2) is 60.8 Å². The Labute approximate surface area is 165 Å². The van der Waals surface area contributed by atoms with E-state index in [0.29, 0.717) is 5.69 Å². The topological polar surface area (TPSA) is 63.2 Å². The molecule has 0 aliphatic rings. The van der Waals surface area contributed by atoms with E-state index in [1.165, 1.54) is 0 Å². The fourth-order valence-corrected chi connectivity index (χ4v) is 3.02. The Morgan fingerprint density at radius 2 is 1.89 bits per heavy atom. The maximum atomic E-state index is 12.4. The molecule has 0 unspecified atom stereocenters. The van der Waals surface area contributed by atoms with Crippen LogP contribution in [-0.4, -0.2) is 24.5 Å². The number of anilines is 2. The molecular formula is C23H25N3O2. The molecule has 3 rings (SSSR count). The van der Waals surface area contributed by atoms with Gasteiger partial charge in [0.25, 0.3) is 5.91 Å². The van der Waals surface area contributed by atoms with Crippen LogP contribution in [0.2, 0.25) is 0 Å². The van der Waals surface area contributed by atoms with Crippen LogP contribution < -0.4 is 15.4 Å². The Morgan fingerprint density at radius 3 is 2.61 bits per heavy atom. The first-order valence-corrected chi connectivity index (χ1v) is 9.27. The summed E-state index contributed by atoms with van der Waals surface area (Å²) in [6.45, 7) is 4.75. The van der Waals surface area contributed by atoms with Gasteiger partial charge in [-0.15, -0.1) is 0 Å². The zero-order valence-corrected chi connectivity index (χ0v) is 16.5. The highest BCUT2D eigenvalue weighted by Gasteiger charge is 2.09. The van der Waals surface area contributed by atoms with E-state index in [0.717, 1.165) is 46.8 Å². The van der Waals surface area contributed by atoms with Crippen molar-refractivity contribution in [3.8, 4) is 5.75 Å². The molecule has 28 heavy (non-hydrogen) atoms. The lowest BCUT2D eigenvalue weighted by atomic mass is 10.1. The molecule has 0 aliphatic heterocycles. The predicted molar refractivity (Wildman–Crippen MR) is 113 cm³/mol. The van der Waals surface area contributed by atoms with Crippen LogP contribution in [0.1, 0.15) is 27.2 Å². The number of pyridine rings is 1. The molecule has 5 heteroatoms. The van der Waals surface area contributed by atoms with Gasteiger partial charge in [0.1, 0.15) is 11.4 Å². The van der Waals surface area contributed by atoms with E-state index < -0.39 is 0 Å². The minimum absolute atomic E-state index is 0.215. The van der Waals surface area contributed by atoms with Crippen molar-refractivity contribution in [3.05, 3.63) is 83.2 Å². The average molecular weight is 375 g/mol. The molecule has 144 valence electrons. The Balaban J connectivity index is 1.56. The van der Waals surface area contributed by atoms with Gasteiger partial charge in [-0.25, -0.2) is 4.98 Å². The minimum Gasteiger partial charge on any atom is -0.496 e. The highest BCUT2D eigenvalue weighted by atomic mass is 16.5. The van der Waals surface area contributed by atoms with Crippen LogP contribution in [0, 0.1) is 13.8 Å². The van der Waals surface area contributed by atoms with Gasteiger partial charge in [-0.05, 0) is 55.7 Å². The van der Waals surface area contributed by atoms with Crippen LogP contribution in [0.3, 0.4) is 0 Å². The Bertz CT molecular complexity index is 952. The first-order chi connectivity index (χ1) is 13.6. The third-order valence-corrected chi connectivity index (χ3v) is 4.54. The average Bonchev–Trinajstić information content (AvgIpc) is 2.71. The summed E-state index contributed by atoms with van der Waals surface area (Å²) in [6.07, 6.45) is 2.51. The highest BCUT2D eigenvalue weighted by molar-refractivity contribution is 6.03. The summed E-state index contributed by atoms with van der Waals surface area (Å²) in [6, 6.07) is 17.5. The standard InChI is InChI=1S/C23H25N3O2/c1-16-8-10-20(17(2)14-16)26-23(27)21-11-9-19(15-25-21)24-13-12-18-6-4-5-7-22(18)28-3/h4-11,14-15,24H,12-13H2,1-3H3,(H,26,27). The number of amides is 1. The molecule has 0 radical (unpaired) electrons. The summed E-state index contributed by atoms with van der Waals surface area (Å²) in [5, 5.41) is 6.24. The van der Waals surface area contributed by atoms with Crippen molar-refractivity contribution >= 4 is 17.3 Å². The van der Waals surface area contributed by atoms with Gasteiger partial charge in [0.15, 0.2) is 0 Å². The fourth-order valence-electron chi connectivity index (χ4n) is 3.02. The first kappa shape index (κ1) is 19.4. The highest BCUT2D eigenvalue weighted by Crippen LogP contribution is 2.19. The van der Waals surface area contributed by atoms with E-state index in [4.69, 9.17) is 4.74 Å². The van der Waals surface area contributed by atoms with Crippen molar-refractivity contribution in [3.63, 3.8) is 0 Å². The minimum atomic E-state index is -0.215. The number of para-hydroxylation sites is 1. The number of methoxy groups -OCH3 is 1. The molecule has 0 saturated heterocycles. The Kier molecular flexibility index (Phi) is 6.27. The number of nitrogens with one attached hydrogen (secondary N) is 2. The molecular weight excluding hydrogens is 350 g/mol. The van der Waals surface area contributed by atoms with E-state index in [1.807, 2.05) is 56.3 Å². The number of nitrogens with zero attached hydrogens (tertiary/aromatic N) is 1. The molecule has 1 aromatic heterocycles. The summed E-state index contributed by atoms with van der Waals surface area (Å²) in [5.74, 6) is 0.674. The number of carbonyl (C=O) groups is 1. The van der Waals surface area contributed by atoms with Crippen LogP contribution in [0.4, 0.5) is 11.4 Å². The number of rotatable bonds is 7. The fraction of sp³-hybridized carbons (Fsp3) is 0.217. The number of benzene rings is 2. The van der Waals surface area contributed by atoms with Gasteiger partial charge in [0, 0.05) is 12.2 Å². The summed E-state index contributed by atoms with van der Waals surface area (Å²) in [5.41, 5.74) is 5.40. The van der Waals surface area contributed by atoms with Gasteiger partial charge >= 0.3 is 0 Å². The van der Waals surface area contributed by atoms with E-state index in [2.05, 4.69) is 21.7 Å². The number of hydrogen-bond acceptors (Lipinski definition) is 4. The Morgan fingerprint density at radius 1 is 1.07 bits per heavy atom. The monoisotopic (exact) mass is 375 g/mol. The van der Waals surface area contributed by atoms with Gasteiger partial charge in [-0.1, -0.05) is 35.9 Å². The molecule has 1 heterocycles. The molecule has 2 aromatic carbocycles. The lowest BCUT2D eigenvalue weighted by Gasteiger charge is -2.11. The zero-order valence-electron chi connectivity index (χ0n) is 16.5. The predicted octanol–water partition coefficient (Wildman–Crippen LogP) is 4.61. The largest absolute Gasteiger partial charge is 0.496 e. The molecule has 0 spiro atoms. The second-order valence-corrected chi connectivity index (χ2v) is 6.69.